The zero-order valence-corrected chi connectivity index (χ0v) is 13.1. The molecule has 0 aliphatic carbocycles. The average Bonchev–Trinajstić information content (AvgIpc) is 2.93. The number of carboxylic acid groups (broad SMARTS) is 1. The van der Waals surface area contributed by atoms with Crippen LogP contribution in [0.25, 0.3) is 10.2 Å². The van der Waals surface area contributed by atoms with Crippen molar-refractivity contribution in [3.05, 3.63) is 52.0 Å². The highest BCUT2D eigenvalue weighted by Crippen LogP contribution is 2.32. The molecule has 0 unspecified atom stereocenters. The van der Waals surface area contributed by atoms with E-state index in [0.29, 0.717) is 16.4 Å². The van der Waals surface area contributed by atoms with E-state index in [2.05, 4.69) is 15.8 Å². The molecule has 7 heteroatoms. The molecule has 2 heterocycles. The number of nitrogens with zero attached hydrogens (tertiary/aromatic N) is 1. The minimum Gasteiger partial charge on any atom is -0.478 e. The highest BCUT2D eigenvalue weighted by atomic mass is 35.5. The summed E-state index contributed by atoms with van der Waals surface area (Å²) >= 11 is 7.29. The van der Waals surface area contributed by atoms with Gasteiger partial charge in [0.05, 0.1) is 27.3 Å². The van der Waals surface area contributed by atoms with Crippen molar-refractivity contribution in [1.29, 1.82) is 0 Å². The van der Waals surface area contributed by atoms with E-state index in [4.69, 9.17) is 11.6 Å². The van der Waals surface area contributed by atoms with Crippen molar-refractivity contribution in [2.45, 2.75) is 6.92 Å². The lowest BCUT2D eigenvalue weighted by Gasteiger charge is -2.14. The number of nitrogens with one attached hydrogen (secondary N) is 2. The number of aromatic nitrogens is 1. The van der Waals surface area contributed by atoms with Crippen LogP contribution >= 0.6 is 22.9 Å². The number of pyridine rings is 1. The Morgan fingerprint density at radius 2 is 1.95 bits per heavy atom. The second kappa shape index (κ2) is 5.82. The largest absolute Gasteiger partial charge is 0.478 e. The van der Waals surface area contributed by atoms with Crippen molar-refractivity contribution < 1.29 is 9.90 Å². The van der Waals surface area contributed by atoms with E-state index in [0.717, 1.165) is 15.9 Å². The van der Waals surface area contributed by atoms with E-state index >= 15 is 0 Å². The van der Waals surface area contributed by atoms with E-state index in [1.807, 2.05) is 11.4 Å². The highest BCUT2D eigenvalue weighted by Gasteiger charge is 2.19. The second-order valence-electron chi connectivity index (χ2n) is 4.64. The van der Waals surface area contributed by atoms with Gasteiger partial charge in [0.2, 0.25) is 0 Å². The number of thiophene rings is 1. The number of carboxylic acids is 1. The summed E-state index contributed by atoms with van der Waals surface area (Å²) in [6, 6.07) is 8.97. The lowest BCUT2D eigenvalue weighted by molar-refractivity contribution is 0.0697. The van der Waals surface area contributed by atoms with Gasteiger partial charge < -0.3 is 10.5 Å². The van der Waals surface area contributed by atoms with Gasteiger partial charge in [-0.15, -0.1) is 11.3 Å². The molecule has 112 valence electrons. The first kappa shape index (κ1) is 14.6. The number of benzene rings is 1. The molecular weight excluding hydrogens is 322 g/mol. The van der Waals surface area contributed by atoms with Crippen molar-refractivity contribution in [3.8, 4) is 0 Å². The fourth-order valence-electron chi connectivity index (χ4n) is 2.16. The molecule has 3 rings (SSSR count). The van der Waals surface area contributed by atoms with Gasteiger partial charge in [-0.2, -0.15) is 0 Å². The number of halogens is 1. The number of fused-ring (bicyclic) bond motifs is 1. The first-order valence-electron chi connectivity index (χ1n) is 6.45. The van der Waals surface area contributed by atoms with Gasteiger partial charge in [0.25, 0.3) is 0 Å². The second-order valence-corrected chi connectivity index (χ2v) is 6.00. The number of aryl methyl sites for hydroxylation is 1. The van der Waals surface area contributed by atoms with Gasteiger partial charge in [-0.3, -0.25) is 10.4 Å². The zero-order valence-electron chi connectivity index (χ0n) is 11.6. The quantitative estimate of drug-likeness (QED) is 0.617. The molecule has 0 bridgehead atoms. The van der Waals surface area contributed by atoms with Crippen molar-refractivity contribution in [2.75, 3.05) is 10.9 Å². The number of rotatable bonds is 4. The van der Waals surface area contributed by atoms with E-state index in [1.165, 1.54) is 11.3 Å². The highest BCUT2D eigenvalue weighted by molar-refractivity contribution is 7.17. The van der Waals surface area contributed by atoms with Gasteiger partial charge in [0.1, 0.15) is 5.56 Å². The number of carbonyl (C=O) groups is 1. The molecule has 0 atom stereocenters. The Morgan fingerprint density at radius 1 is 1.23 bits per heavy atom. The Kier molecular flexibility index (Phi) is 3.87. The van der Waals surface area contributed by atoms with E-state index in [1.54, 1.807) is 31.2 Å². The summed E-state index contributed by atoms with van der Waals surface area (Å²) in [4.78, 5) is 15.9. The first-order valence-corrected chi connectivity index (χ1v) is 7.70. The summed E-state index contributed by atoms with van der Waals surface area (Å²) in [5, 5.41) is 12.0. The van der Waals surface area contributed by atoms with Crippen LogP contribution in [0.4, 0.5) is 11.4 Å². The van der Waals surface area contributed by atoms with Crippen molar-refractivity contribution in [1.82, 2.24) is 4.98 Å². The molecule has 3 N–H and O–H groups in total. The normalized spacial score (nSPS) is 10.6. The van der Waals surface area contributed by atoms with E-state index in [-0.39, 0.29) is 5.56 Å². The lowest BCUT2D eigenvalue weighted by atomic mass is 10.1. The maximum absolute atomic E-state index is 11.5. The number of anilines is 2. The molecule has 3 aromatic rings. The molecule has 1 aromatic carbocycles. The molecular formula is C15H12ClN3O2S. The Hall–Kier alpha value is -2.31. The fraction of sp³-hybridized carbons (Fsp3) is 0.0667. The van der Waals surface area contributed by atoms with Crippen molar-refractivity contribution in [2.24, 2.45) is 0 Å². The summed E-state index contributed by atoms with van der Waals surface area (Å²) in [6.45, 7) is 1.69. The topological polar surface area (TPSA) is 74.2 Å². The van der Waals surface area contributed by atoms with E-state index < -0.39 is 5.97 Å². The van der Waals surface area contributed by atoms with Crippen LogP contribution in [0.3, 0.4) is 0 Å². The Morgan fingerprint density at radius 3 is 2.64 bits per heavy atom. The van der Waals surface area contributed by atoms with Crippen LogP contribution in [0.5, 0.6) is 0 Å². The van der Waals surface area contributed by atoms with Gasteiger partial charge in [-0.05, 0) is 42.6 Å². The number of hydrogen-bond donors (Lipinski definition) is 3. The molecule has 0 fully saturated rings. The lowest BCUT2D eigenvalue weighted by Crippen LogP contribution is -2.14. The Bertz CT molecular complexity index is 846. The predicted octanol–water partition coefficient (Wildman–Crippen LogP) is 4.40. The van der Waals surface area contributed by atoms with Gasteiger partial charge in [0.15, 0.2) is 0 Å². The van der Waals surface area contributed by atoms with Crippen LogP contribution < -0.4 is 10.9 Å². The van der Waals surface area contributed by atoms with E-state index in [9.17, 15) is 9.90 Å². The van der Waals surface area contributed by atoms with Crippen LogP contribution in [-0.4, -0.2) is 16.1 Å². The molecule has 0 saturated heterocycles. The zero-order chi connectivity index (χ0) is 15.7. The number of hydrogen-bond acceptors (Lipinski definition) is 5. The smallest absolute Gasteiger partial charge is 0.339 e. The summed E-state index contributed by atoms with van der Waals surface area (Å²) in [5.41, 5.74) is 8.69. The maximum Gasteiger partial charge on any atom is 0.339 e. The number of hydrazine groups is 1. The molecule has 22 heavy (non-hydrogen) atoms. The standard InChI is InChI=1S/C15H12ClN3O2S/c1-8-12(15(20)21)13(14-11(17-8)6-7-22-14)19-18-10-4-2-9(16)3-5-10/h2-7,18H,1H3,(H,17,19)(H,20,21). The average molecular weight is 334 g/mol. The molecule has 5 nitrogen and oxygen atoms in total. The van der Waals surface area contributed by atoms with Gasteiger partial charge >= 0.3 is 5.97 Å². The van der Waals surface area contributed by atoms with Crippen molar-refractivity contribution in [3.63, 3.8) is 0 Å². The van der Waals surface area contributed by atoms with Crippen LogP contribution in [0.1, 0.15) is 16.1 Å². The Labute approximate surface area is 135 Å². The van der Waals surface area contributed by atoms with Crippen LogP contribution in [0, 0.1) is 6.92 Å². The SMILES string of the molecule is Cc1nc2ccsc2c(NNc2ccc(Cl)cc2)c1C(=O)O. The van der Waals surface area contributed by atoms with Crippen LogP contribution in [0.15, 0.2) is 35.7 Å². The first-order chi connectivity index (χ1) is 10.6. The van der Waals surface area contributed by atoms with Gasteiger partial charge in [-0.25, -0.2) is 4.79 Å². The third-order valence-corrected chi connectivity index (χ3v) is 4.33. The molecule has 0 saturated carbocycles. The molecule has 0 aliphatic rings. The van der Waals surface area contributed by atoms with Gasteiger partial charge in [-0.1, -0.05) is 11.6 Å². The van der Waals surface area contributed by atoms with Crippen LogP contribution in [-0.2, 0) is 0 Å². The minimum atomic E-state index is -1.01. The Balaban J connectivity index is 2.01. The molecule has 0 radical (unpaired) electrons. The summed E-state index contributed by atoms with van der Waals surface area (Å²) in [5.74, 6) is -1.01. The minimum absolute atomic E-state index is 0.163. The van der Waals surface area contributed by atoms with Gasteiger partial charge in [0, 0.05) is 5.02 Å². The van der Waals surface area contributed by atoms with Crippen molar-refractivity contribution >= 4 is 50.5 Å². The molecule has 0 aliphatic heterocycles. The fourth-order valence-corrected chi connectivity index (χ4v) is 3.12. The molecule has 0 spiro atoms. The molecule has 0 amide bonds. The summed E-state index contributed by atoms with van der Waals surface area (Å²) in [7, 11) is 0. The summed E-state index contributed by atoms with van der Waals surface area (Å²) < 4.78 is 0.796. The third kappa shape index (κ3) is 2.70. The summed E-state index contributed by atoms with van der Waals surface area (Å²) in [6.07, 6.45) is 0. The van der Waals surface area contributed by atoms with Crippen LogP contribution in [0.2, 0.25) is 5.02 Å². The molecule has 2 aromatic heterocycles. The number of aromatic carboxylic acids is 1. The maximum atomic E-state index is 11.5. The monoisotopic (exact) mass is 333 g/mol. The third-order valence-electron chi connectivity index (χ3n) is 3.16. The predicted molar refractivity (Wildman–Crippen MR) is 90.0 cm³/mol.